The summed E-state index contributed by atoms with van der Waals surface area (Å²) in [5.74, 6) is -1.19. The number of hydrogen-bond donors (Lipinski definition) is 0. The molecule has 0 heterocycles. The third-order valence-corrected chi connectivity index (χ3v) is 2.47. The fourth-order valence-corrected chi connectivity index (χ4v) is 1.74. The Morgan fingerprint density at radius 3 is 2.00 bits per heavy atom. The van der Waals surface area contributed by atoms with Crippen LogP contribution >= 0.6 is 0 Å². The van der Waals surface area contributed by atoms with Gasteiger partial charge in [-0.3, -0.25) is 4.79 Å². The number of rotatable bonds is 2. The van der Waals surface area contributed by atoms with E-state index in [1.807, 2.05) is 0 Å². The van der Waals surface area contributed by atoms with Crippen LogP contribution in [0.5, 0.6) is 0 Å². The van der Waals surface area contributed by atoms with Gasteiger partial charge in [0, 0.05) is 5.92 Å². The molecule has 0 saturated heterocycles. The van der Waals surface area contributed by atoms with E-state index in [-0.39, 0.29) is 5.92 Å². The van der Waals surface area contributed by atoms with E-state index in [4.69, 9.17) is 0 Å². The van der Waals surface area contributed by atoms with Gasteiger partial charge in [-0.25, -0.2) is 8.78 Å². The molecule has 0 aromatic rings. The van der Waals surface area contributed by atoms with Gasteiger partial charge in [-0.1, -0.05) is 25.7 Å². The molecule has 0 spiro atoms. The fourth-order valence-electron chi connectivity index (χ4n) is 1.74. The maximum absolute atomic E-state index is 12.0. The first-order chi connectivity index (χ1) is 5.72. The molecule has 1 aliphatic carbocycles. The monoisotopic (exact) mass is 176 g/mol. The molecule has 70 valence electrons. The zero-order chi connectivity index (χ0) is 8.97. The molecular formula is C9H14F2O. The van der Waals surface area contributed by atoms with Crippen molar-refractivity contribution in [2.75, 3.05) is 0 Å². The summed E-state index contributed by atoms with van der Waals surface area (Å²) in [7, 11) is 0. The van der Waals surface area contributed by atoms with Crippen LogP contribution in [0.3, 0.4) is 0 Å². The second-order valence-electron chi connectivity index (χ2n) is 3.39. The molecule has 0 aromatic heterocycles. The van der Waals surface area contributed by atoms with Gasteiger partial charge in [-0.15, -0.1) is 0 Å². The van der Waals surface area contributed by atoms with Gasteiger partial charge in [0.25, 0.3) is 6.43 Å². The van der Waals surface area contributed by atoms with Gasteiger partial charge >= 0.3 is 0 Å². The van der Waals surface area contributed by atoms with Gasteiger partial charge in [0.2, 0.25) is 5.78 Å². The van der Waals surface area contributed by atoms with E-state index in [9.17, 15) is 13.6 Å². The van der Waals surface area contributed by atoms with Crippen molar-refractivity contribution in [1.29, 1.82) is 0 Å². The van der Waals surface area contributed by atoms with Crippen LogP contribution in [0.1, 0.15) is 38.5 Å². The van der Waals surface area contributed by atoms with Crippen molar-refractivity contribution in [3.05, 3.63) is 0 Å². The Morgan fingerprint density at radius 2 is 1.58 bits per heavy atom. The zero-order valence-electron chi connectivity index (χ0n) is 7.06. The summed E-state index contributed by atoms with van der Waals surface area (Å²) >= 11 is 0. The van der Waals surface area contributed by atoms with E-state index >= 15 is 0 Å². The predicted octanol–water partition coefficient (Wildman–Crippen LogP) is 2.79. The fraction of sp³-hybridized carbons (Fsp3) is 0.889. The lowest BCUT2D eigenvalue weighted by Gasteiger charge is -2.10. The Morgan fingerprint density at radius 1 is 1.08 bits per heavy atom. The second-order valence-corrected chi connectivity index (χ2v) is 3.39. The first kappa shape index (κ1) is 9.62. The van der Waals surface area contributed by atoms with Crippen molar-refractivity contribution >= 4 is 5.78 Å². The predicted molar refractivity (Wildman–Crippen MR) is 42.2 cm³/mol. The molecule has 0 aromatic carbocycles. The molecule has 1 rings (SSSR count). The Kier molecular flexibility index (Phi) is 3.63. The number of alkyl halides is 2. The first-order valence-electron chi connectivity index (χ1n) is 4.53. The number of carbonyl (C=O) groups excluding carboxylic acids is 1. The summed E-state index contributed by atoms with van der Waals surface area (Å²) in [6.45, 7) is 0. The van der Waals surface area contributed by atoms with Crippen LogP contribution in [0.4, 0.5) is 8.78 Å². The third-order valence-electron chi connectivity index (χ3n) is 2.47. The van der Waals surface area contributed by atoms with E-state index in [2.05, 4.69) is 0 Å². The van der Waals surface area contributed by atoms with Gasteiger partial charge in [0.1, 0.15) is 0 Å². The Balaban J connectivity index is 2.43. The van der Waals surface area contributed by atoms with Crippen LogP contribution in [-0.2, 0) is 4.79 Å². The zero-order valence-corrected chi connectivity index (χ0v) is 7.06. The Labute approximate surface area is 71.1 Å². The summed E-state index contributed by atoms with van der Waals surface area (Å²) in [4.78, 5) is 10.9. The van der Waals surface area contributed by atoms with Crippen LogP contribution < -0.4 is 0 Å². The molecule has 1 aliphatic rings. The van der Waals surface area contributed by atoms with Crippen molar-refractivity contribution in [2.24, 2.45) is 5.92 Å². The molecule has 0 amide bonds. The highest BCUT2D eigenvalue weighted by Gasteiger charge is 2.26. The molecule has 3 heteroatoms. The van der Waals surface area contributed by atoms with Crippen molar-refractivity contribution in [2.45, 2.75) is 45.0 Å². The Hall–Kier alpha value is -0.470. The van der Waals surface area contributed by atoms with Crippen LogP contribution in [0.25, 0.3) is 0 Å². The third kappa shape index (κ3) is 2.54. The lowest BCUT2D eigenvalue weighted by molar-refractivity contribution is -0.134. The standard InChI is InChI=1S/C9H14F2O/c10-9(11)8(12)7-5-3-1-2-4-6-7/h7,9H,1-6H2. The molecule has 1 nitrogen and oxygen atoms in total. The van der Waals surface area contributed by atoms with Crippen LogP contribution in [-0.4, -0.2) is 12.2 Å². The average Bonchev–Trinajstić information content (AvgIpc) is 2.30. The Bertz CT molecular complexity index is 149. The van der Waals surface area contributed by atoms with Crippen LogP contribution in [0.15, 0.2) is 0 Å². The highest BCUT2D eigenvalue weighted by molar-refractivity contribution is 5.83. The lowest BCUT2D eigenvalue weighted by atomic mass is 9.96. The van der Waals surface area contributed by atoms with Gasteiger partial charge in [0.15, 0.2) is 0 Å². The summed E-state index contributed by atoms with van der Waals surface area (Å²) in [5.41, 5.74) is 0. The minimum absolute atomic E-state index is 0.354. The number of hydrogen-bond acceptors (Lipinski definition) is 1. The molecule has 0 unspecified atom stereocenters. The maximum atomic E-state index is 12.0. The van der Waals surface area contributed by atoms with Gasteiger partial charge in [0.05, 0.1) is 0 Å². The van der Waals surface area contributed by atoms with E-state index in [1.54, 1.807) is 0 Å². The van der Waals surface area contributed by atoms with Crippen molar-refractivity contribution in [1.82, 2.24) is 0 Å². The lowest BCUT2D eigenvalue weighted by Crippen LogP contribution is -2.21. The normalized spacial score (nSPS) is 20.9. The molecule has 0 radical (unpaired) electrons. The number of halogens is 2. The summed E-state index contributed by atoms with van der Waals surface area (Å²) in [6, 6.07) is 0. The average molecular weight is 176 g/mol. The summed E-state index contributed by atoms with van der Waals surface area (Å²) in [5, 5.41) is 0. The van der Waals surface area contributed by atoms with Gasteiger partial charge in [-0.05, 0) is 12.8 Å². The van der Waals surface area contributed by atoms with Crippen molar-refractivity contribution in [3.8, 4) is 0 Å². The highest BCUT2D eigenvalue weighted by Crippen LogP contribution is 2.25. The first-order valence-corrected chi connectivity index (χ1v) is 4.53. The number of Topliss-reactive ketones (excluding diaryl/α,β-unsaturated/α-hetero) is 1. The number of carbonyl (C=O) groups is 1. The summed E-state index contributed by atoms with van der Waals surface area (Å²) < 4.78 is 24.0. The van der Waals surface area contributed by atoms with Crippen molar-refractivity contribution < 1.29 is 13.6 Å². The van der Waals surface area contributed by atoms with E-state index < -0.39 is 12.2 Å². The molecule has 1 fully saturated rings. The molecule has 0 atom stereocenters. The second kappa shape index (κ2) is 4.53. The van der Waals surface area contributed by atoms with E-state index in [0.717, 1.165) is 25.7 Å². The number of ketones is 1. The minimum Gasteiger partial charge on any atom is -0.293 e. The summed E-state index contributed by atoms with van der Waals surface area (Å²) in [6.07, 6.45) is 2.63. The smallest absolute Gasteiger partial charge is 0.293 e. The molecule has 0 aliphatic heterocycles. The van der Waals surface area contributed by atoms with Gasteiger partial charge < -0.3 is 0 Å². The van der Waals surface area contributed by atoms with Gasteiger partial charge in [-0.2, -0.15) is 0 Å². The molecular weight excluding hydrogens is 162 g/mol. The largest absolute Gasteiger partial charge is 0.296 e. The highest BCUT2D eigenvalue weighted by atomic mass is 19.3. The van der Waals surface area contributed by atoms with Crippen LogP contribution in [0.2, 0.25) is 0 Å². The SMILES string of the molecule is O=C(C(F)F)C1CCCCCC1. The molecule has 12 heavy (non-hydrogen) atoms. The quantitative estimate of drug-likeness (QED) is 0.591. The van der Waals surface area contributed by atoms with E-state index in [0.29, 0.717) is 12.8 Å². The van der Waals surface area contributed by atoms with Crippen molar-refractivity contribution in [3.63, 3.8) is 0 Å². The van der Waals surface area contributed by atoms with Crippen LogP contribution in [0, 0.1) is 5.92 Å². The minimum atomic E-state index is -2.76. The van der Waals surface area contributed by atoms with E-state index in [1.165, 1.54) is 0 Å². The molecule has 0 bridgehead atoms. The maximum Gasteiger partial charge on any atom is 0.296 e. The molecule has 0 N–H and O–H groups in total. The topological polar surface area (TPSA) is 17.1 Å². The molecule has 1 saturated carbocycles.